The van der Waals surface area contributed by atoms with Crippen LogP contribution in [-0.4, -0.2) is 15.2 Å². The molecule has 1 aromatic heterocycles. The highest BCUT2D eigenvalue weighted by atomic mass is 127. The highest BCUT2D eigenvalue weighted by Gasteiger charge is 2.13. The third kappa shape index (κ3) is 3.36. The van der Waals surface area contributed by atoms with Gasteiger partial charge < -0.3 is 9.63 Å². The van der Waals surface area contributed by atoms with Crippen LogP contribution in [0.2, 0.25) is 5.02 Å². The van der Waals surface area contributed by atoms with Crippen LogP contribution in [0.1, 0.15) is 11.4 Å². The summed E-state index contributed by atoms with van der Waals surface area (Å²) in [6.07, 6.45) is 0.547. The number of nitrogens with zero attached hydrogens (tertiary/aromatic N) is 2. The van der Waals surface area contributed by atoms with Crippen molar-refractivity contribution in [1.29, 1.82) is 0 Å². The van der Waals surface area contributed by atoms with Gasteiger partial charge in [0.1, 0.15) is 5.75 Å². The van der Waals surface area contributed by atoms with E-state index in [1.165, 1.54) is 0 Å². The quantitative estimate of drug-likeness (QED) is 0.652. The SMILES string of the molecule is Oc1ccc(I)cc1-c1nc(Cc2ccc(Cl)cc2)no1. The molecule has 0 aliphatic rings. The van der Waals surface area contributed by atoms with E-state index in [2.05, 4.69) is 32.7 Å². The molecule has 0 bridgehead atoms. The average Bonchev–Trinajstić information content (AvgIpc) is 2.92. The third-order valence-corrected chi connectivity index (χ3v) is 3.86. The molecule has 0 fully saturated rings. The average molecular weight is 413 g/mol. The largest absolute Gasteiger partial charge is 0.507 e. The van der Waals surface area contributed by atoms with E-state index in [1.54, 1.807) is 12.1 Å². The van der Waals surface area contributed by atoms with Crippen LogP contribution in [0.25, 0.3) is 11.5 Å². The summed E-state index contributed by atoms with van der Waals surface area (Å²) in [7, 11) is 0. The molecule has 0 aliphatic heterocycles. The van der Waals surface area contributed by atoms with Gasteiger partial charge in [-0.25, -0.2) is 0 Å². The molecule has 21 heavy (non-hydrogen) atoms. The first kappa shape index (κ1) is 14.3. The molecule has 3 rings (SSSR count). The van der Waals surface area contributed by atoms with Crippen LogP contribution in [0.15, 0.2) is 47.0 Å². The van der Waals surface area contributed by atoms with Gasteiger partial charge in [0.15, 0.2) is 5.82 Å². The minimum Gasteiger partial charge on any atom is -0.507 e. The first-order valence-electron chi connectivity index (χ1n) is 6.18. The van der Waals surface area contributed by atoms with E-state index in [4.69, 9.17) is 16.1 Å². The van der Waals surface area contributed by atoms with E-state index in [1.807, 2.05) is 30.3 Å². The summed E-state index contributed by atoms with van der Waals surface area (Å²) in [5, 5.41) is 14.5. The molecule has 0 amide bonds. The molecule has 4 nitrogen and oxygen atoms in total. The molecule has 0 atom stereocenters. The summed E-state index contributed by atoms with van der Waals surface area (Å²) >= 11 is 8.02. The fraction of sp³-hybridized carbons (Fsp3) is 0.0667. The number of benzene rings is 2. The van der Waals surface area contributed by atoms with Gasteiger partial charge in [0.05, 0.1) is 5.56 Å². The fourth-order valence-corrected chi connectivity index (χ4v) is 2.52. The van der Waals surface area contributed by atoms with E-state index in [-0.39, 0.29) is 5.75 Å². The van der Waals surface area contributed by atoms with Crippen molar-refractivity contribution in [2.45, 2.75) is 6.42 Å². The number of hydrogen-bond acceptors (Lipinski definition) is 4. The maximum Gasteiger partial charge on any atom is 0.261 e. The maximum atomic E-state index is 9.87. The number of rotatable bonds is 3. The van der Waals surface area contributed by atoms with Crippen molar-refractivity contribution in [2.75, 3.05) is 0 Å². The van der Waals surface area contributed by atoms with Crippen LogP contribution in [0, 0.1) is 3.57 Å². The summed E-state index contributed by atoms with van der Waals surface area (Å²) in [4.78, 5) is 4.33. The van der Waals surface area contributed by atoms with Crippen molar-refractivity contribution >= 4 is 34.2 Å². The van der Waals surface area contributed by atoms with Crippen molar-refractivity contribution in [3.05, 3.63) is 62.4 Å². The van der Waals surface area contributed by atoms with Gasteiger partial charge >= 0.3 is 0 Å². The summed E-state index contributed by atoms with van der Waals surface area (Å²) in [6.45, 7) is 0. The lowest BCUT2D eigenvalue weighted by Gasteiger charge is -1.99. The standard InChI is InChI=1S/C15H10ClIN2O2/c16-10-3-1-9(2-4-10)7-14-18-15(21-19-14)12-8-11(17)5-6-13(12)20/h1-6,8,20H,7H2. The van der Waals surface area contributed by atoms with E-state index >= 15 is 0 Å². The molecule has 1 N–H and O–H groups in total. The lowest BCUT2D eigenvalue weighted by atomic mass is 10.1. The number of phenols is 1. The second-order valence-electron chi connectivity index (χ2n) is 4.48. The Morgan fingerprint density at radius 3 is 2.67 bits per heavy atom. The number of phenolic OH excluding ortho intramolecular Hbond substituents is 1. The van der Waals surface area contributed by atoms with Crippen LogP contribution >= 0.6 is 34.2 Å². The minimum absolute atomic E-state index is 0.122. The Morgan fingerprint density at radius 1 is 1.14 bits per heavy atom. The van der Waals surface area contributed by atoms with E-state index in [9.17, 15) is 5.11 Å². The van der Waals surface area contributed by atoms with Crippen molar-refractivity contribution < 1.29 is 9.63 Å². The van der Waals surface area contributed by atoms with E-state index in [0.29, 0.717) is 28.7 Å². The van der Waals surface area contributed by atoms with Crippen LogP contribution in [-0.2, 0) is 6.42 Å². The van der Waals surface area contributed by atoms with Gasteiger partial charge in [-0.05, 0) is 58.5 Å². The Hall–Kier alpha value is -1.60. The molecular formula is C15H10ClIN2O2. The molecule has 0 radical (unpaired) electrons. The zero-order valence-electron chi connectivity index (χ0n) is 10.8. The molecule has 2 aromatic carbocycles. The van der Waals surface area contributed by atoms with E-state index < -0.39 is 0 Å². The van der Waals surface area contributed by atoms with Crippen LogP contribution < -0.4 is 0 Å². The second-order valence-corrected chi connectivity index (χ2v) is 6.16. The lowest BCUT2D eigenvalue weighted by Crippen LogP contribution is -1.90. The molecule has 0 unspecified atom stereocenters. The molecule has 0 aliphatic carbocycles. The Kier molecular flexibility index (Phi) is 4.12. The van der Waals surface area contributed by atoms with Crippen molar-refractivity contribution in [3.8, 4) is 17.2 Å². The number of halogens is 2. The zero-order chi connectivity index (χ0) is 14.8. The molecule has 106 valence electrons. The molecule has 0 saturated heterocycles. The zero-order valence-corrected chi connectivity index (χ0v) is 13.7. The molecular weight excluding hydrogens is 403 g/mol. The number of hydrogen-bond donors (Lipinski definition) is 1. The highest BCUT2D eigenvalue weighted by molar-refractivity contribution is 14.1. The second kappa shape index (κ2) is 6.03. The summed E-state index contributed by atoms with van der Waals surface area (Å²) in [6, 6.07) is 12.7. The van der Waals surface area contributed by atoms with Gasteiger partial charge in [0.25, 0.3) is 5.89 Å². The Morgan fingerprint density at radius 2 is 1.90 bits per heavy atom. The summed E-state index contributed by atoms with van der Waals surface area (Å²) in [5.74, 6) is 0.998. The summed E-state index contributed by atoms with van der Waals surface area (Å²) < 4.78 is 6.22. The third-order valence-electron chi connectivity index (χ3n) is 2.93. The molecule has 0 spiro atoms. The van der Waals surface area contributed by atoms with Crippen molar-refractivity contribution in [1.82, 2.24) is 10.1 Å². The number of aromatic nitrogens is 2. The normalized spacial score (nSPS) is 10.8. The van der Waals surface area contributed by atoms with Gasteiger partial charge in [0, 0.05) is 15.0 Å². The van der Waals surface area contributed by atoms with Gasteiger partial charge in [0.2, 0.25) is 0 Å². The Balaban J connectivity index is 1.86. The first-order chi connectivity index (χ1) is 10.1. The Bertz CT molecular complexity index is 772. The lowest BCUT2D eigenvalue weighted by molar-refractivity contribution is 0.418. The van der Waals surface area contributed by atoms with Gasteiger partial charge in [-0.2, -0.15) is 4.98 Å². The predicted octanol–water partition coefficient (Wildman–Crippen LogP) is 4.29. The molecule has 3 aromatic rings. The van der Waals surface area contributed by atoms with Gasteiger partial charge in [-0.15, -0.1) is 0 Å². The monoisotopic (exact) mass is 412 g/mol. The predicted molar refractivity (Wildman–Crippen MR) is 88.4 cm³/mol. The fourth-order valence-electron chi connectivity index (χ4n) is 1.90. The van der Waals surface area contributed by atoms with Crippen LogP contribution in [0.4, 0.5) is 0 Å². The summed E-state index contributed by atoms with van der Waals surface area (Å²) in [5.41, 5.74) is 1.58. The van der Waals surface area contributed by atoms with Crippen molar-refractivity contribution in [3.63, 3.8) is 0 Å². The smallest absolute Gasteiger partial charge is 0.261 e. The minimum atomic E-state index is 0.122. The Labute approximate surface area is 139 Å². The van der Waals surface area contributed by atoms with E-state index in [0.717, 1.165) is 9.13 Å². The van der Waals surface area contributed by atoms with Gasteiger partial charge in [-0.3, -0.25) is 0 Å². The molecule has 6 heteroatoms. The first-order valence-corrected chi connectivity index (χ1v) is 7.63. The molecule has 0 saturated carbocycles. The topological polar surface area (TPSA) is 59.2 Å². The maximum absolute atomic E-state index is 9.87. The molecule has 1 heterocycles. The van der Waals surface area contributed by atoms with Crippen LogP contribution in [0.3, 0.4) is 0 Å². The van der Waals surface area contributed by atoms with Gasteiger partial charge in [-0.1, -0.05) is 28.9 Å². The van der Waals surface area contributed by atoms with Crippen LogP contribution in [0.5, 0.6) is 5.75 Å². The van der Waals surface area contributed by atoms with Crippen molar-refractivity contribution in [2.24, 2.45) is 0 Å². The highest BCUT2D eigenvalue weighted by Crippen LogP contribution is 2.29. The number of aromatic hydroxyl groups is 1.